The monoisotopic (exact) mass is 504 g/mol. The van der Waals surface area contributed by atoms with Crippen molar-refractivity contribution in [2.75, 3.05) is 34.8 Å². The van der Waals surface area contributed by atoms with Crippen LogP contribution in [0.4, 0.5) is 17.6 Å². The molecule has 5 rings (SSSR count). The maximum absolute atomic E-state index is 5.99. The van der Waals surface area contributed by atoms with E-state index in [-0.39, 0.29) is 0 Å². The molecule has 0 radical (unpaired) electrons. The Morgan fingerprint density at radius 2 is 1.83 bits per heavy atom. The molecule has 36 heavy (non-hydrogen) atoms. The zero-order valence-electron chi connectivity index (χ0n) is 21.2. The van der Waals surface area contributed by atoms with E-state index in [1.807, 2.05) is 42.5 Å². The highest BCUT2D eigenvalue weighted by Gasteiger charge is 2.24. The number of thiocarbonyl (C=S) groups is 1. The van der Waals surface area contributed by atoms with Crippen molar-refractivity contribution >= 4 is 34.9 Å². The number of nitrogens with zero attached hydrogens (tertiary/aromatic N) is 4. The largest absolute Gasteiger partial charge is 0.459 e. The van der Waals surface area contributed by atoms with Crippen LogP contribution in [0.2, 0.25) is 0 Å². The van der Waals surface area contributed by atoms with Crippen LogP contribution in [0.5, 0.6) is 0 Å². The SMILES string of the molecule is CC1CCCN(c2cc(N3CCCCC3C)nc(NC(=S)NCc3ccc(-c4ccccc4)o3)n2)C1. The van der Waals surface area contributed by atoms with Crippen LogP contribution in [0.25, 0.3) is 11.3 Å². The number of hydrogen-bond acceptors (Lipinski definition) is 6. The Balaban J connectivity index is 1.29. The van der Waals surface area contributed by atoms with Gasteiger partial charge in [-0.1, -0.05) is 37.3 Å². The number of furan rings is 1. The summed E-state index contributed by atoms with van der Waals surface area (Å²) in [6, 6.07) is 16.7. The van der Waals surface area contributed by atoms with Gasteiger partial charge >= 0.3 is 0 Å². The summed E-state index contributed by atoms with van der Waals surface area (Å²) in [4.78, 5) is 14.6. The predicted molar refractivity (Wildman–Crippen MR) is 151 cm³/mol. The van der Waals surface area contributed by atoms with Gasteiger partial charge in [-0.05, 0) is 69.3 Å². The summed E-state index contributed by atoms with van der Waals surface area (Å²) in [6.07, 6.45) is 6.13. The van der Waals surface area contributed by atoms with E-state index in [1.165, 1.54) is 32.1 Å². The lowest BCUT2D eigenvalue weighted by molar-refractivity contribution is 0.444. The summed E-state index contributed by atoms with van der Waals surface area (Å²) in [5.74, 6) is 4.83. The summed E-state index contributed by atoms with van der Waals surface area (Å²) in [7, 11) is 0. The first-order valence-corrected chi connectivity index (χ1v) is 13.6. The first kappa shape index (κ1) is 24.6. The van der Waals surface area contributed by atoms with Crippen LogP contribution in [0.3, 0.4) is 0 Å². The molecular formula is C28H36N6OS. The van der Waals surface area contributed by atoms with Crippen LogP contribution in [0, 0.1) is 5.92 Å². The van der Waals surface area contributed by atoms with Crippen molar-refractivity contribution in [3.8, 4) is 11.3 Å². The highest BCUT2D eigenvalue weighted by Crippen LogP contribution is 2.29. The third kappa shape index (κ3) is 5.98. The first-order valence-electron chi connectivity index (χ1n) is 13.1. The van der Waals surface area contributed by atoms with E-state index >= 15 is 0 Å². The number of nitrogens with one attached hydrogen (secondary N) is 2. The molecule has 2 N–H and O–H groups in total. The summed E-state index contributed by atoms with van der Waals surface area (Å²) >= 11 is 5.61. The Bertz CT molecular complexity index is 1170. The van der Waals surface area contributed by atoms with Crippen molar-refractivity contribution in [3.63, 3.8) is 0 Å². The fraction of sp³-hybridized carbons (Fsp3) is 0.464. The zero-order chi connectivity index (χ0) is 24.9. The Morgan fingerprint density at radius 3 is 2.64 bits per heavy atom. The Labute approximate surface area is 219 Å². The molecule has 0 amide bonds. The third-order valence-electron chi connectivity index (χ3n) is 7.15. The second-order valence-corrected chi connectivity index (χ2v) is 10.5. The number of benzene rings is 1. The molecule has 0 saturated carbocycles. The van der Waals surface area contributed by atoms with Crippen LogP contribution in [0.1, 0.15) is 51.7 Å². The van der Waals surface area contributed by atoms with Crippen molar-refractivity contribution < 1.29 is 4.42 Å². The molecule has 2 unspecified atom stereocenters. The second-order valence-electron chi connectivity index (χ2n) is 10.1. The molecule has 2 fully saturated rings. The van der Waals surface area contributed by atoms with Crippen LogP contribution in [0.15, 0.2) is 52.9 Å². The van der Waals surface area contributed by atoms with Gasteiger partial charge in [-0.15, -0.1) is 0 Å². The summed E-state index contributed by atoms with van der Waals surface area (Å²) in [5.41, 5.74) is 1.06. The Morgan fingerprint density at radius 1 is 1.00 bits per heavy atom. The lowest BCUT2D eigenvalue weighted by Crippen LogP contribution is -2.39. The van der Waals surface area contributed by atoms with Crippen molar-refractivity contribution in [2.24, 2.45) is 5.92 Å². The first-order chi connectivity index (χ1) is 17.5. The molecule has 2 aliphatic rings. The van der Waals surface area contributed by atoms with E-state index < -0.39 is 0 Å². The van der Waals surface area contributed by atoms with Crippen LogP contribution in [-0.4, -0.2) is 40.8 Å². The topological polar surface area (TPSA) is 69.5 Å². The third-order valence-corrected chi connectivity index (χ3v) is 7.39. The van der Waals surface area contributed by atoms with Crippen LogP contribution >= 0.6 is 12.2 Å². The van der Waals surface area contributed by atoms with Gasteiger partial charge < -0.3 is 24.9 Å². The molecule has 7 nitrogen and oxygen atoms in total. The predicted octanol–water partition coefficient (Wildman–Crippen LogP) is 5.84. The minimum atomic E-state index is 0.470. The fourth-order valence-electron chi connectivity index (χ4n) is 5.17. The van der Waals surface area contributed by atoms with Crippen molar-refractivity contribution in [2.45, 2.75) is 58.5 Å². The number of anilines is 3. The minimum Gasteiger partial charge on any atom is -0.459 e. The standard InChI is InChI=1S/C28H36N6OS/c1-20-9-8-15-33(19-20)25-17-26(34-16-7-6-10-21(34)2)31-27(30-25)32-28(36)29-18-23-13-14-24(35-23)22-11-4-3-5-12-22/h3-5,11-14,17,20-21H,6-10,15-16,18-19H2,1-2H3,(H2,29,30,31,32,36). The highest BCUT2D eigenvalue weighted by atomic mass is 32.1. The molecule has 8 heteroatoms. The van der Waals surface area contributed by atoms with Crippen molar-refractivity contribution in [3.05, 3.63) is 54.3 Å². The summed E-state index contributed by atoms with van der Waals surface area (Å²) < 4.78 is 5.99. The molecule has 2 aliphatic heterocycles. The van der Waals surface area contributed by atoms with Gasteiger partial charge in [0, 0.05) is 37.3 Å². The van der Waals surface area contributed by atoms with Crippen molar-refractivity contribution in [1.29, 1.82) is 0 Å². The molecule has 4 heterocycles. The van der Waals surface area contributed by atoms with Gasteiger partial charge in [0.2, 0.25) is 5.95 Å². The molecule has 0 bridgehead atoms. The van der Waals surface area contributed by atoms with E-state index in [9.17, 15) is 0 Å². The van der Waals surface area contributed by atoms with Gasteiger partial charge in [0.1, 0.15) is 23.2 Å². The van der Waals surface area contributed by atoms with Gasteiger partial charge in [0.15, 0.2) is 5.11 Å². The van der Waals surface area contributed by atoms with Gasteiger partial charge in [-0.2, -0.15) is 9.97 Å². The van der Waals surface area contributed by atoms with Gasteiger partial charge in [-0.3, -0.25) is 0 Å². The molecule has 1 aromatic carbocycles. The number of hydrogen-bond donors (Lipinski definition) is 2. The normalized spacial score (nSPS) is 20.3. The van der Waals surface area contributed by atoms with Gasteiger partial charge in [0.25, 0.3) is 0 Å². The maximum atomic E-state index is 5.99. The van der Waals surface area contributed by atoms with E-state index in [2.05, 4.69) is 40.3 Å². The average molecular weight is 505 g/mol. The van der Waals surface area contributed by atoms with Crippen molar-refractivity contribution in [1.82, 2.24) is 15.3 Å². The molecule has 3 aromatic rings. The molecule has 0 aliphatic carbocycles. The van der Waals surface area contributed by atoms with Crippen LogP contribution in [-0.2, 0) is 6.54 Å². The second kappa shape index (κ2) is 11.3. The molecule has 2 saturated heterocycles. The molecule has 2 aromatic heterocycles. The van der Waals surface area contributed by atoms with Gasteiger partial charge in [0.05, 0.1) is 6.54 Å². The van der Waals surface area contributed by atoms with E-state index in [4.69, 9.17) is 26.6 Å². The lowest BCUT2D eigenvalue weighted by Gasteiger charge is -2.36. The smallest absolute Gasteiger partial charge is 0.232 e. The molecule has 190 valence electrons. The van der Waals surface area contributed by atoms with E-state index in [0.29, 0.717) is 29.6 Å². The van der Waals surface area contributed by atoms with Crippen LogP contribution < -0.4 is 20.4 Å². The average Bonchev–Trinajstić information content (AvgIpc) is 3.37. The Kier molecular flexibility index (Phi) is 7.70. The Hall–Kier alpha value is -3.13. The molecule has 0 spiro atoms. The van der Waals surface area contributed by atoms with E-state index in [1.54, 1.807) is 0 Å². The minimum absolute atomic E-state index is 0.470. The quantitative estimate of drug-likeness (QED) is 0.406. The van der Waals surface area contributed by atoms with E-state index in [0.717, 1.165) is 48.4 Å². The highest BCUT2D eigenvalue weighted by molar-refractivity contribution is 7.80. The lowest BCUT2D eigenvalue weighted by atomic mass is 10.0. The van der Waals surface area contributed by atoms with Gasteiger partial charge in [-0.25, -0.2) is 0 Å². The summed E-state index contributed by atoms with van der Waals surface area (Å²) in [5, 5.41) is 6.97. The summed E-state index contributed by atoms with van der Waals surface area (Å²) in [6.45, 7) is 8.17. The zero-order valence-corrected chi connectivity index (χ0v) is 22.1. The number of aromatic nitrogens is 2. The molecular weight excluding hydrogens is 468 g/mol. The molecule has 2 atom stereocenters. The fourth-order valence-corrected chi connectivity index (χ4v) is 5.33. The number of rotatable bonds is 6. The number of piperidine rings is 2. The maximum Gasteiger partial charge on any atom is 0.232 e.